The minimum absolute atomic E-state index is 0.0478. The Bertz CT molecular complexity index is 1560. The van der Waals surface area contributed by atoms with Crippen LogP contribution in [-0.4, -0.2) is 44.7 Å². The predicted molar refractivity (Wildman–Crippen MR) is 146 cm³/mol. The quantitative estimate of drug-likeness (QED) is 0.286. The Morgan fingerprint density at radius 1 is 1.00 bits per heavy atom. The molecule has 13 heteroatoms. The first-order chi connectivity index (χ1) is 19.8. The number of nitrogens with one attached hydrogen (secondary N) is 1. The second kappa shape index (κ2) is 12.0. The van der Waals surface area contributed by atoms with Gasteiger partial charge in [0, 0.05) is 11.2 Å². The molecule has 0 aliphatic rings. The third-order valence-corrected chi connectivity index (χ3v) is 6.00. The number of rotatable bonds is 8. The molecule has 0 fully saturated rings. The number of hydrogen-bond donors (Lipinski definition) is 1. The molecule has 9 nitrogen and oxygen atoms in total. The van der Waals surface area contributed by atoms with E-state index in [1.165, 1.54) is 31.4 Å². The topological polar surface area (TPSA) is 102 Å². The van der Waals surface area contributed by atoms with Crippen LogP contribution in [0, 0.1) is 5.82 Å². The fraction of sp³-hybridized carbons (Fsp3) is 0.276. The zero-order chi connectivity index (χ0) is 30.7. The largest absolute Gasteiger partial charge is 0.497 e. The number of carbonyl (C=O) groups excluding carboxylic acids is 2. The van der Waals surface area contributed by atoms with Crippen molar-refractivity contribution >= 4 is 17.5 Å². The van der Waals surface area contributed by atoms with Crippen LogP contribution in [-0.2, 0) is 22.3 Å². The van der Waals surface area contributed by atoms with Crippen molar-refractivity contribution in [3.05, 3.63) is 89.7 Å². The zero-order valence-corrected chi connectivity index (χ0v) is 23.2. The van der Waals surface area contributed by atoms with Gasteiger partial charge in [0.1, 0.15) is 24.2 Å². The van der Waals surface area contributed by atoms with E-state index in [1.807, 2.05) is 0 Å². The lowest BCUT2D eigenvalue weighted by molar-refractivity contribution is -0.137. The van der Waals surface area contributed by atoms with Gasteiger partial charge in [0.2, 0.25) is 11.7 Å². The van der Waals surface area contributed by atoms with Gasteiger partial charge in [0.05, 0.1) is 18.2 Å². The fourth-order valence-corrected chi connectivity index (χ4v) is 4.17. The fourth-order valence-electron chi connectivity index (χ4n) is 4.17. The molecular formula is C29H28F4N6O3. The molecule has 0 radical (unpaired) electrons. The highest BCUT2D eigenvalue weighted by molar-refractivity contribution is 6.01. The van der Waals surface area contributed by atoms with Gasteiger partial charge >= 0.3 is 6.18 Å². The predicted octanol–water partition coefficient (Wildman–Crippen LogP) is 5.20. The van der Waals surface area contributed by atoms with Crippen LogP contribution in [0.15, 0.2) is 72.8 Å². The van der Waals surface area contributed by atoms with Gasteiger partial charge in [-0.15, -0.1) is 10.2 Å². The summed E-state index contributed by atoms with van der Waals surface area (Å²) in [5.74, 6) is -1.69. The lowest BCUT2D eigenvalue weighted by Gasteiger charge is -2.34. The SMILES string of the molecule is COc1ccc([C@@H](C(=O)NC(C)(C)C)N(C(=O)Cn2nnc(-c3ccccc3F)n2)c2cccc(C(F)(F)F)c2)cc1. The maximum Gasteiger partial charge on any atom is 0.416 e. The Balaban J connectivity index is 1.81. The van der Waals surface area contributed by atoms with Crippen LogP contribution in [0.2, 0.25) is 0 Å². The second-order valence-electron chi connectivity index (χ2n) is 10.4. The van der Waals surface area contributed by atoms with Crippen molar-refractivity contribution in [3.63, 3.8) is 0 Å². The third kappa shape index (κ3) is 7.09. The summed E-state index contributed by atoms with van der Waals surface area (Å²) < 4.78 is 60.6. The highest BCUT2D eigenvalue weighted by atomic mass is 19.4. The molecule has 0 unspecified atom stereocenters. The number of benzene rings is 3. The summed E-state index contributed by atoms with van der Waals surface area (Å²) in [7, 11) is 1.46. The normalized spacial score (nSPS) is 12.5. The highest BCUT2D eigenvalue weighted by Crippen LogP contribution is 2.35. The summed E-state index contributed by atoms with van der Waals surface area (Å²) >= 11 is 0. The summed E-state index contributed by atoms with van der Waals surface area (Å²) in [6, 6.07) is 14.6. The molecule has 1 atom stereocenters. The monoisotopic (exact) mass is 584 g/mol. The summed E-state index contributed by atoms with van der Waals surface area (Å²) in [6.07, 6.45) is -4.71. The van der Waals surface area contributed by atoms with E-state index in [1.54, 1.807) is 51.1 Å². The molecule has 42 heavy (non-hydrogen) atoms. The van der Waals surface area contributed by atoms with Crippen molar-refractivity contribution < 1.29 is 31.9 Å². The van der Waals surface area contributed by atoms with Gasteiger partial charge in [0.25, 0.3) is 5.91 Å². The molecular weight excluding hydrogens is 556 g/mol. The Hall–Kier alpha value is -4.81. The molecule has 0 saturated heterocycles. The lowest BCUT2D eigenvalue weighted by Crippen LogP contribution is -2.50. The van der Waals surface area contributed by atoms with Gasteiger partial charge in [-0.1, -0.05) is 30.3 Å². The summed E-state index contributed by atoms with van der Waals surface area (Å²) in [5.41, 5.74) is -1.59. The molecule has 3 aromatic carbocycles. The maximum atomic E-state index is 14.3. The first-order valence-electron chi connectivity index (χ1n) is 12.7. The minimum Gasteiger partial charge on any atom is -0.497 e. The molecule has 0 spiro atoms. The molecule has 4 aromatic rings. The Morgan fingerprint density at radius 3 is 2.31 bits per heavy atom. The number of alkyl halides is 3. The molecule has 1 aromatic heterocycles. The van der Waals surface area contributed by atoms with Gasteiger partial charge in [-0.2, -0.15) is 18.0 Å². The highest BCUT2D eigenvalue weighted by Gasteiger charge is 2.37. The number of ether oxygens (including phenoxy) is 1. The van der Waals surface area contributed by atoms with Gasteiger partial charge in [-0.3, -0.25) is 14.5 Å². The van der Waals surface area contributed by atoms with E-state index in [0.29, 0.717) is 11.3 Å². The number of carbonyl (C=O) groups is 2. The summed E-state index contributed by atoms with van der Waals surface area (Å²) in [4.78, 5) is 29.5. The van der Waals surface area contributed by atoms with Crippen molar-refractivity contribution in [3.8, 4) is 17.1 Å². The molecule has 1 heterocycles. The first kappa shape index (κ1) is 30.2. The number of tetrazole rings is 1. The maximum absolute atomic E-state index is 14.3. The number of methoxy groups -OCH3 is 1. The van der Waals surface area contributed by atoms with Crippen LogP contribution in [0.25, 0.3) is 11.4 Å². The Kier molecular flexibility index (Phi) is 8.59. The van der Waals surface area contributed by atoms with Crippen LogP contribution in [0.4, 0.5) is 23.2 Å². The molecule has 4 rings (SSSR count). The lowest BCUT2D eigenvalue weighted by atomic mass is 10.00. The van der Waals surface area contributed by atoms with Gasteiger partial charge in [-0.05, 0) is 74.0 Å². The smallest absolute Gasteiger partial charge is 0.416 e. The van der Waals surface area contributed by atoms with Gasteiger partial charge in [-0.25, -0.2) is 4.39 Å². The summed E-state index contributed by atoms with van der Waals surface area (Å²) in [5, 5.41) is 14.5. The molecule has 0 saturated carbocycles. The van der Waals surface area contributed by atoms with E-state index in [-0.39, 0.29) is 17.1 Å². The van der Waals surface area contributed by atoms with Crippen molar-refractivity contribution in [1.29, 1.82) is 0 Å². The van der Waals surface area contributed by atoms with Crippen molar-refractivity contribution in [2.24, 2.45) is 0 Å². The molecule has 0 aliphatic heterocycles. The number of amides is 2. The van der Waals surface area contributed by atoms with E-state index >= 15 is 0 Å². The molecule has 0 bridgehead atoms. The van der Waals surface area contributed by atoms with E-state index < -0.39 is 47.5 Å². The molecule has 1 N–H and O–H groups in total. The van der Waals surface area contributed by atoms with Crippen LogP contribution >= 0.6 is 0 Å². The van der Waals surface area contributed by atoms with Crippen LogP contribution in [0.1, 0.15) is 37.9 Å². The third-order valence-electron chi connectivity index (χ3n) is 6.00. The number of halogens is 4. The number of nitrogens with zero attached hydrogens (tertiary/aromatic N) is 5. The number of anilines is 1. The van der Waals surface area contributed by atoms with E-state index in [0.717, 1.165) is 27.9 Å². The molecule has 0 aliphatic carbocycles. The van der Waals surface area contributed by atoms with Crippen molar-refractivity contribution in [2.45, 2.75) is 45.1 Å². The van der Waals surface area contributed by atoms with Gasteiger partial charge < -0.3 is 10.1 Å². The zero-order valence-electron chi connectivity index (χ0n) is 23.2. The van der Waals surface area contributed by atoms with Crippen LogP contribution < -0.4 is 15.0 Å². The minimum atomic E-state index is -4.71. The van der Waals surface area contributed by atoms with Crippen molar-refractivity contribution in [1.82, 2.24) is 25.5 Å². The first-order valence-corrected chi connectivity index (χ1v) is 12.7. The van der Waals surface area contributed by atoms with E-state index in [9.17, 15) is 27.2 Å². The summed E-state index contributed by atoms with van der Waals surface area (Å²) in [6.45, 7) is 4.58. The van der Waals surface area contributed by atoms with E-state index in [4.69, 9.17) is 4.74 Å². The standard InChI is InChI=1S/C29H28F4N6O3/c1-28(2,3)34-27(41)25(18-12-14-21(42-4)15-13-18)39(20-9-7-8-19(16-20)29(31,32)33)24(40)17-38-36-26(35-37-38)22-10-5-6-11-23(22)30/h5-16,25H,17H2,1-4H3,(H,34,41)/t25-/m0/s1. The van der Waals surface area contributed by atoms with Crippen molar-refractivity contribution in [2.75, 3.05) is 12.0 Å². The van der Waals surface area contributed by atoms with Crippen LogP contribution in [0.5, 0.6) is 5.75 Å². The van der Waals surface area contributed by atoms with Gasteiger partial charge in [0.15, 0.2) is 0 Å². The number of aromatic nitrogens is 4. The van der Waals surface area contributed by atoms with E-state index in [2.05, 4.69) is 20.7 Å². The average molecular weight is 585 g/mol. The second-order valence-corrected chi connectivity index (χ2v) is 10.4. The Morgan fingerprint density at radius 2 is 1.69 bits per heavy atom. The number of hydrogen-bond acceptors (Lipinski definition) is 6. The average Bonchev–Trinajstić information content (AvgIpc) is 3.38. The molecule has 220 valence electrons. The molecule has 2 amide bonds. The Labute approximate surface area is 239 Å². The van der Waals surface area contributed by atoms with Crippen LogP contribution in [0.3, 0.4) is 0 Å².